The third-order valence-corrected chi connectivity index (χ3v) is 3.53. The standard InChI is InChI=1S/C15H16N4O/c1-11-6-8-17-14(18-11)13-5-3-9-19(13)15(20)12-4-2-7-16-10-12/h2,4,6-8,10,13H,3,5,9H2,1H3/t13-/m1/s1. The van der Waals surface area contributed by atoms with Gasteiger partial charge in [0, 0.05) is 30.8 Å². The number of hydrogen-bond donors (Lipinski definition) is 0. The van der Waals surface area contributed by atoms with Gasteiger partial charge in [-0.1, -0.05) is 0 Å². The van der Waals surface area contributed by atoms with Gasteiger partial charge in [0.15, 0.2) is 5.82 Å². The molecule has 0 radical (unpaired) electrons. The van der Waals surface area contributed by atoms with E-state index in [2.05, 4.69) is 15.0 Å². The first kappa shape index (κ1) is 12.7. The van der Waals surface area contributed by atoms with Crippen molar-refractivity contribution in [3.63, 3.8) is 0 Å². The second kappa shape index (κ2) is 5.36. The molecule has 0 aliphatic carbocycles. The quantitative estimate of drug-likeness (QED) is 0.837. The number of carbonyl (C=O) groups excluding carboxylic acids is 1. The molecule has 0 unspecified atom stereocenters. The predicted molar refractivity (Wildman–Crippen MR) is 74.0 cm³/mol. The van der Waals surface area contributed by atoms with Gasteiger partial charge in [-0.25, -0.2) is 9.97 Å². The summed E-state index contributed by atoms with van der Waals surface area (Å²) < 4.78 is 0. The van der Waals surface area contributed by atoms with Crippen LogP contribution in [0.3, 0.4) is 0 Å². The molecule has 0 spiro atoms. The molecule has 3 heterocycles. The minimum Gasteiger partial charge on any atom is -0.328 e. The van der Waals surface area contributed by atoms with Gasteiger partial charge in [-0.15, -0.1) is 0 Å². The van der Waals surface area contributed by atoms with Crippen LogP contribution in [-0.4, -0.2) is 32.3 Å². The van der Waals surface area contributed by atoms with Crippen LogP contribution in [0.2, 0.25) is 0 Å². The fourth-order valence-corrected chi connectivity index (χ4v) is 2.56. The molecule has 1 saturated heterocycles. The molecule has 5 nitrogen and oxygen atoms in total. The highest BCUT2D eigenvalue weighted by Crippen LogP contribution is 2.30. The minimum absolute atomic E-state index is 0.00528. The SMILES string of the molecule is Cc1ccnc([C@H]2CCCN2C(=O)c2cccnc2)n1. The Kier molecular flexibility index (Phi) is 3.41. The van der Waals surface area contributed by atoms with E-state index in [-0.39, 0.29) is 11.9 Å². The van der Waals surface area contributed by atoms with Crippen molar-refractivity contribution >= 4 is 5.91 Å². The van der Waals surface area contributed by atoms with Gasteiger partial charge in [0.25, 0.3) is 5.91 Å². The molecule has 1 aliphatic heterocycles. The number of amides is 1. The fourth-order valence-electron chi connectivity index (χ4n) is 2.56. The van der Waals surface area contributed by atoms with E-state index in [9.17, 15) is 4.79 Å². The highest BCUT2D eigenvalue weighted by atomic mass is 16.2. The number of nitrogens with zero attached hydrogens (tertiary/aromatic N) is 4. The lowest BCUT2D eigenvalue weighted by molar-refractivity contribution is 0.0729. The fraction of sp³-hybridized carbons (Fsp3) is 0.333. The third kappa shape index (κ3) is 2.39. The van der Waals surface area contributed by atoms with Crippen LogP contribution in [0.5, 0.6) is 0 Å². The average Bonchev–Trinajstić information content (AvgIpc) is 2.97. The number of pyridine rings is 1. The lowest BCUT2D eigenvalue weighted by Gasteiger charge is -2.23. The normalized spacial score (nSPS) is 18.2. The Morgan fingerprint density at radius 3 is 3.00 bits per heavy atom. The van der Waals surface area contributed by atoms with Gasteiger partial charge < -0.3 is 4.90 Å². The lowest BCUT2D eigenvalue weighted by Crippen LogP contribution is -2.31. The number of hydrogen-bond acceptors (Lipinski definition) is 4. The molecule has 1 aliphatic rings. The van der Waals surface area contributed by atoms with Gasteiger partial charge >= 0.3 is 0 Å². The summed E-state index contributed by atoms with van der Waals surface area (Å²) >= 11 is 0. The second-order valence-electron chi connectivity index (χ2n) is 4.95. The molecule has 2 aromatic heterocycles. The predicted octanol–water partition coefficient (Wildman–Crippen LogP) is 2.16. The van der Waals surface area contributed by atoms with E-state index < -0.39 is 0 Å². The average molecular weight is 268 g/mol. The summed E-state index contributed by atoms with van der Waals surface area (Å²) in [6.45, 7) is 2.68. The molecule has 0 bridgehead atoms. The molecule has 20 heavy (non-hydrogen) atoms. The zero-order valence-corrected chi connectivity index (χ0v) is 11.4. The maximum atomic E-state index is 12.5. The van der Waals surface area contributed by atoms with E-state index >= 15 is 0 Å². The summed E-state index contributed by atoms with van der Waals surface area (Å²) in [6.07, 6.45) is 6.92. The van der Waals surface area contributed by atoms with Gasteiger partial charge in [0.2, 0.25) is 0 Å². The molecule has 1 amide bonds. The van der Waals surface area contributed by atoms with E-state index in [4.69, 9.17) is 0 Å². The minimum atomic E-state index is -0.0254. The molecular formula is C15H16N4O. The van der Waals surface area contributed by atoms with E-state index in [1.165, 1.54) is 0 Å². The Hall–Kier alpha value is -2.30. The topological polar surface area (TPSA) is 59.0 Å². The van der Waals surface area contributed by atoms with Crippen LogP contribution in [0.4, 0.5) is 0 Å². The highest BCUT2D eigenvalue weighted by Gasteiger charge is 2.32. The summed E-state index contributed by atoms with van der Waals surface area (Å²) in [5.74, 6) is 0.741. The maximum Gasteiger partial charge on any atom is 0.256 e. The summed E-state index contributed by atoms with van der Waals surface area (Å²) in [5, 5.41) is 0. The van der Waals surface area contributed by atoms with Crippen molar-refractivity contribution in [3.8, 4) is 0 Å². The van der Waals surface area contributed by atoms with Crippen LogP contribution in [0, 0.1) is 6.92 Å². The number of aromatic nitrogens is 3. The van der Waals surface area contributed by atoms with E-state index in [0.29, 0.717) is 5.56 Å². The van der Waals surface area contributed by atoms with Crippen molar-refractivity contribution in [2.45, 2.75) is 25.8 Å². The van der Waals surface area contributed by atoms with Crippen molar-refractivity contribution in [3.05, 3.63) is 53.9 Å². The smallest absolute Gasteiger partial charge is 0.256 e. The lowest BCUT2D eigenvalue weighted by atomic mass is 10.2. The van der Waals surface area contributed by atoms with Crippen molar-refractivity contribution in [2.24, 2.45) is 0 Å². The van der Waals surface area contributed by atoms with Gasteiger partial charge in [-0.3, -0.25) is 9.78 Å². The molecule has 1 fully saturated rings. The Morgan fingerprint density at radius 1 is 1.35 bits per heavy atom. The van der Waals surface area contributed by atoms with Crippen molar-refractivity contribution in [1.82, 2.24) is 19.9 Å². The Balaban J connectivity index is 1.88. The van der Waals surface area contributed by atoms with E-state index in [0.717, 1.165) is 30.9 Å². The number of aryl methyl sites for hydroxylation is 1. The van der Waals surface area contributed by atoms with E-state index in [1.54, 1.807) is 30.7 Å². The van der Waals surface area contributed by atoms with Crippen LogP contribution < -0.4 is 0 Å². The first-order chi connectivity index (χ1) is 9.75. The molecule has 0 saturated carbocycles. The van der Waals surface area contributed by atoms with Crippen LogP contribution in [0.1, 0.15) is 40.8 Å². The monoisotopic (exact) mass is 268 g/mol. The van der Waals surface area contributed by atoms with Crippen LogP contribution in [0.15, 0.2) is 36.8 Å². The molecule has 0 N–H and O–H groups in total. The largest absolute Gasteiger partial charge is 0.328 e. The second-order valence-corrected chi connectivity index (χ2v) is 4.95. The molecule has 3 rings (SSSR count). The summed E-state index contributed by atoms with van der Waals surface area (Å²) in [4.78, 5) is 27.2. The molecule has 5 heteroatoms. The molecule has 0 aromatic carbocycles. The summed E-state index contributed by atoms with van der Waals surface area (Å²) in [5.41, 5.74) is 1.54. The van der Waals surface area contributed by atoms with Gasteiger partial charge in [-0.05, 0) is 38.0 Å². The third-order valence-electron chi connectivity index (χ3n) is 3.53. The summed E-state index contributed by atoms with van der Waals surface area (Å²) in [6, 6.07) is 5.41. The highest BCUT2D eigenvalue weighted by molar-refractivity contribution is 5.94. The van der Waals surface area contributed by atoms with Crippen molar-refractivity contribution in [1.29, 1.82) is 0 Å². The van der Waals surface area contributed by atoms with Gasteiger partial charge in [-0.2, -0.15) is 0 Å². The van der Waals surface area contributed by atoms with Crippen molar-refractivity contribution < 1.29 is 4.79 Å². The Morgan fingerprint density at radius 2 is 2.25 bits per heavy atom. The summed E-state index contributed by atoms with van der Waals surface area (Å²) in [7, 11) is 0. The van der Waals surface area contributed by atoms with Gasteiger partial charge in [0.1, 0.15) is 0 Å². The molecular weight excluding hydrogens is 252 g/mol. The number of rotatable bonds is 2. The van der Waals surface area contributed by atoms with Crippen LogP contribution >= 0.6 is 0 Å². The molecule has 2 aromatic rings. The first-order valence-corrected chi connectivity index (χ1v) is 6.76. The van der Waals surface area contributed by atoms with E-state index in [1.807, 2.05) is 17.9 Å². The van der Waals surface area contributed by atoms with Crippen LogP contribution in [-0.2, 0) is 0 Å². The van der Waals surface area contributed by atoms with Gasteiger partial charge in [0.05, 0.1) is 11.6 Å². The van der Waals surface area contributed by atoms with Crippen molar-refractivity contribution in [2.75, 3.05) is 6.54 Å². The maximum absolute atomic E-state index is 12.5. The number of likely N-dealkylation sites (tertiary alicyclic amines) is 1. The first-order valence-electron chi connectivity index (χ1n) is 6.76. The molecule has 1 atom stereocenters. The zero-order chi connectivity index (χ0) is 13.9. The van der Waals surface area contributed by atoms with Crippen LogP contribution in [0.25, 0.3) is 0 Å². The zero-order valence-electron chi connectivity index (χ0n) is 11.4. The number of carbonyl (C=O) groups is 1. The Labute approximate surface area is 117 Å². The Bertz CT molecular complexity index is 614. The molecule has 102 valence electrons.